The summed E-state index contributed by atoms with van der Waals surface area (Å²) in [4.78, 5) is 15.0. The summed E-state index contributed by atoms with van der Waals surface area (Å²) in [7, 11) is 0. The Labute approximate surface area is 131 Å². The van der Waals surface area contributed by atoms with Gasteiger partial charge in [0.25, 0.3) is 0 Å². The lowest BCUT2D eigenvalue weighted by Gasteiger charge is -2.38. The quantitative estimate of drug-likeness (QED) is 0.776. The van der Waals surface area contributed by atoms with Gasteiger partial charge in [-0.05, 0) is 43.6 Å². The van der Waals surface area contributed by atoms with Crippen LogP contribution in [0, 0.1) is 0 Å². The Kier molecular flexibility index (Phi) is 5.97. The molecule has 2 rings (SSSR count). The highest BCUT2D eigenvalue weighted by Gasteiger charge is 2.26. The molecule has 0 spiro atoms. The summed E-state index contributed by atoms with van der Waals surface area (Å²) in [5, 5.41) is 9.68. The second-order valence-corrected chi connectivity index (χ2v) is 6.83. The number of piperidine rings is 1. The van der Waals surface area contributed by atoms with Crippen molar-refractivity contribution >= 4 is 23.4 Å². The fourth-order valence-electron chi connectivity index (χ4n) is 3.20. The summed E-state index contributed by atoms with van der Waals surface area (Å²) in [6.07, 6.45) is 5.88. The van der Waals surface area contributed by atoms with E-state index in [-0.39, 0.29) is 0 Å². The Morgan fingerprint density at radius 2 is 2.19 bits per heavy atom. The maximum absolute atomic E-state index is 11.8. The Morgan fingerprint density at radius 1 is 1.38 bits per heavy atom. The van der Waals surface area contributed by atoms with E-state index in [4.69, 9.17) is 0 Å². The number of carbonyl (C=O) groups is 1. The van der Waals surface area contributed by atoms with Crippen LogP contribution in [0.25, 0.3) is 0 Å². The summed E-state index contributed by atoms with van der Waals surface area (Å²) in [5.41, 5.74) is 1.41. The summed E-state index contributed by atoms with van der Waals surface area (Å²) >= 11 is 1.62. The van der Waals surface area contributed by atoms with Crippen molar-refractivity contribution in [3.8, 4) is 0 Å². The van der Waals surface area contributed by atoms with Crippen LogP contribution >= 0.6 is 11.8 Å². The number of benzene rings is 1. The molecule has 0 bridgehead atoms. The van der Waals surface area contributed by atoms with E-state index in [0.29, 0.717) is 11.6 Å². The van der Waals surface area contributed by atoms with Gasteiger partial charge in [-0.15, -0.1) is 11.8 Å². The Hall–Kier alpha value is -1.16. The molecule has 1 N–H and O–H groups in total. The van der Waals surface area contributed by atoms with Gasteiger partial charge in [0, 0.05) is 17.5 Å². The minimum atomic E-state index is -0.803. The summed E-state index contributed by atoms with van der Waals surface area (Å²) in [5.74, 6) is 0.0876. The minimum absolute atomic E-state index is 0.490. The molecule has 1 heterocycles. The summed E-state index contributed by atoms with van der Waals surface area (Å²) in [6.45, 7) is 5.24. The molecular formula is C17H25NO2S. The lowest BCUT2D eigenvalue weighted by molar-refractivity contribution is 0.0693. The lowest BCUT2D eigenvalue weighted by Crippen LogP contribution is -2.40. The van der Waals surface area contributed by atoms with Crippen LogP contribution in [0.1, 0.15) is 56.3 Å². The Bertz CT molecular complexity index is 488. The smallest absolute Gasteiger partial charge is 0.338 e. The number of hydrogen-bond donors (Lipinski definition) is 1. The van der Waals surface area contributed by atoms with Crippen LogP contribution in [0.5, 0.6) is 0 Å². The molecule has 0 amide bonds. The van der Waals surface area contributed by atoms with E-state index in [2.05, 4.69) is 18.7 Å². The molecule has 1 aromatic carbocycles. The first kappa shape index (κ1) is 16.2. The first-order chi connectivity index (χ1) is 10.2. The molecule has 21 heavy (non-hydrogen) atoms. The zero-order chi connectivity index (χ0) is 15.2. The molecule has 1 unspecified atom stereocenters. The van der Waals surface area contributed by atoms with Gasteiger partial charge in [0.1, 0.15) is 0 Å². The monoisotopic (exact) mass is 307 g/mol. The lowest BCUT2D eigenvalue weighted by atomic mass is 9.96. The molecule has 1 aromatic rings. The Balaban J connectivity index is 2.40. The third-order valence-electron chi connectivity index (χ3n) is 4.08. The number of aromatic carboxylic acids is 1. The summed E-state index contributed by atoms with van der Waals surface area (Å²) in [6, 6.07) is 6.40. The second kappa shape index (κ2) is 7.74. The van der Waals surface area contributed by atoms with Crippen LogP contribution in [0.4, 0.5) is 5.69 Å². The maximum Gasteiger partial charge on any atom is 0.338 e. The number of carboxylic acid groups (broad SMARTS) is 1. The molecule has 116 valence electrons. The number of rotatable bonds is 6. The van der Waals surface area contributed by atoms with Gasteiger partial charge in [-0.3, -0.25) is 0 Å². The first-order valence-corrected chi connectivity index (χ1v) is 8.93. The largest absolute Gasteiger partial charge is 0.478 e. The van der Waals surface area contributed by atoms with Crippen molar-refractivity contribution < 1.29 is 9.90 Å². The second-order valence-electron chi connectivity index (χ2n) is 5.52. The summed E-state index contributed by atoms with van der Waals surface area (Å²) < 4.78 is 0. The number of nitrogens with zero attached hydrogens (tertiary/aromatic N) is 1. The molecule has 0 saturated carbocycles. The van der Waals surface area contributed by atoms with Crippen LogP contribution in [-0.4, -0.2) is 29.4 Å². The number of thioether (sulfide) groups is 1. The van der Waals surface area contributed by atoms with Gasteiger partial charge in [0.15, 0.2) is 0 Å². The Morgan fingerprint density at radius 3 is 2.86 bits per heavy atom. The fourth-order valence-corrected chi connectivity index (χ4v) is 4.02. The van der Waals surface area contributed by atoms with E-state index >= 15 is 0 Å². The van der Waals surface area contributed by atoms with Gasteiger partial charge in [-0.2, -0.15) is 0 Å². The van der Waals surface area contributed by atoms with Crippen molar-refractivity contribution in [2.75, 3.05) is 17.2 Å². The van der Waals surface area contributed by atoms with Crippen molar-refractivity contribution in [3.05, 3.63) is 23.8 Å². The third kappa shape index (κ3) is 3.73. The van der Waals surface area contributed by atoms with Gasteiger partial charge in [0.05, 0.1) is 11.3 Å². The van der Waals surface area contributed by atoms with Gasteiger partial charge < -0.3 is 10.0 Å². The van der Waals surface area contributed by atoms with Crippen molar-refractivity contribution in [3.63, 3.8) is 0 Å². The fraction of sp³-hybridized carbons (Fsp3) is 0.588. The van der Waals surface area contributed by atoms with E-state index in [9.17, 15) is 9.90 Å². The topological polar surface area (TPSA) is 40.5 Å². The third-order valence-corrected chi connectivity index (χ3v) is 5.02. The average Bonchev–Trinajstić information content (AvgIpc) is 2.48. The van der Waals surface area contributed by atoms with E-state index < -0.39 is 5.97 Å². The van der Waals surface area contributed by atoms with Crippen molar-refractivity contribution in [2.24, 2.45) is 0 Å². The highest BCUT2D eigenvalue weighted by Crippen LogP contribution is 2.35. The van der Waals surface area contributed by atoms with Gasteiger partial charge >= 0.3 is 5.97 Å². The van der Waals surface area contributed by atoms with Gasteiger partial charge in [0.2, 0.25) is 0 Å². The highest BCUT2D eigenvalue weighted by atomic mass is 32.2. The number of carboxylic acids is 1. The van der Waals surface area contributed by atoms with Crippen molar-refractivity contribution in [2.45, 2.75) is 56.9 Å². The predicted octanol–water partition coefficient (Wildman–Crippen LogP) is 4.66. The molecule has 0 aromatic heterocycles. The average molecular weight is 307 g/mol. The van der Waals surface area contributed by atoms with Gasteiger partial charge in [-0.25, -0.2) is 4.79 Å². The number of anilines is 1. The predicted molar refractivity (Wildman–Crippen MR) is 89.7 cm³/mol. The SMILES string of the molecule is CCCC1CCCCN1c1cccc(SCC)c1C(=O)O. The van der Waals surface area contributed by atoms with E-state index in [1.165, 1.54) is 12.8 Å². The normalized spacial score (nSPS) is 18.8. The van der Waals surface area contributed by atoms with E-state index in [0.717, 1.165) is 42.1 Å². The van der Waals surface area contributed by atoms with Crippen molar-refractivity contribution in [1.29, 1.82) is 0 Å². The van der Waals surface area contributed by atoms with E-state index in [1.54, 1.807) is 11.8 Å². The maximum atomic E-state index is 11.8. The van der Waals surface area contributed by atoms with Crippen LogP contribution in [-0.2, 0) is 0 Å². The molecule has 0 radical (unpaired) electrons. The van der Waals surface area contributed by atoms with Crippen molar-refractivity contribution in [1.82, 2.24) is 0 Å². The van der Waals surface area contributed by atoms with Crippen LogP contribution in [0.15, 0.2) is 23.1 Å². The van der Waals surface area contributed by atoms with Crippen LogP contribution in [0.2, 0.25) is 0 Å². The molecule has 0 aliphatic carbocycles. The standard InChI is InChI=1S/C17H25NO2S/c1-3-8-13-9-5-6-12-18(13)14-10-7-11-15(21-4-2)16(14)17(19)20/h7,10-11,13H,3-6,8-9,12H2,1-2H3,(H,19,20). The molecule has 4 heteroatoms. The van der Waals surface area contributed by atoms with E-state index in [1.807, 2.05) is 18.2 Å². The minimum Gasteiger partial charge on any atom is -0.478 e. The molecular weight excluding hydrogens is 282 g/mol. The van der Waals surface area contributed by atoms with Crippen LogP contribution in [0.3, 0.4) is 0 Å². The first-order valence-electron chi connectivity index (χ1n) is 7.94. The molecule has 1 aliphatic heterocycles. The number of hydrogen-bond acceptors (Lipinski definition) is 3. The molecule has 1 aliphatic rings. The highest BCUT2D eigenvalue weighted by molar-refractivity contribution is 7.99. The molecule has 3 nitrogen and oxygen atoms in total. The van der Waals surface area contributed by atoms with Crippen LogP contribution < -0.4 is 4.90 Å². The molecule has 1 fully saturated rings. The molecule has 1 atom stereocenters. The zero-order valence-corrected chi connectivity index (χ0v) is 13.8. The molecule has 1 saturated heterocycles. The zero-order valence-electron chi connectivity index (χ0n) is 13.0. The van der Waals surface area contributed by atoms with Gasteiger partial charge in [-0.1, -0.05) is 26.3 Å².